The summed E-state index contributed by atoms with van der Waals surface area (Å²) >= 11 is 0. The zero-order valence-electron chi connectivity index (χ0n) is 12.7. The van der Waals surface area contributed by atoms with Crippen LogP contribution in [0.2, 0.25) is 0 Å². The second-order valence-electron chi connectivity index (χ2n) is 5.96. The molecule has 0 fully saturated rings. The summed E-state index contributed by atoms with van der Waals surface area (Å²) in [6, 6.07) is 5.56. The van der Waals surface area contributed by atoms with Crippen LogP contribution in [0.15, 0.2) is 42.0 Å². The Kier molecular flexibility index (Phi) is 5.17. The number of aryl methyl sites for hydroxylation is 1. The molecule has 0 aromatic heterocycles. The van der Waals surface area contributed by atoms with Gasteiger partial charge in [0, 0.05) is 0 Å². The fourth-order valence-electron chi connectivity index (χ4n) is 2.99. The molecule has 0 heterocycles. The Labute approximate surface area is 122 Å². The number of benzene rings is 1. The largest absolute Gasteiger partial charge is 0.207 e. The second-order valence-corrected chi connectivity index (χ2v) is 5.96. The van der Waals surface area contributed by atoms with Crippen LogP contribution in [-0.4, -0.2) is 0 Å². The highest BCUT2D eigenvalue weighted by Gasteiger charge is 2.16. The molecule has 0 bridgehead atoms. The lowest BCUT2D eigenvalue weighted by Crippen LogP contribution is -2.02. The van der Waals surface area contributed by atoms with Crippen molar-refractivity contribution in [2.75, 3.05) is 0 Å². The van der Waals surface area contributed by atoms with E-state index in [1.54, 1.807) is 6.07 Å². The Hall–Kier alpha value is -1.37. The molecule has 0 spiro atoms. The van der Waals surface area contributed by atoms with Crippen molar-refractivity contribution in [1.29, 1.82) is 0 Å². The van der Waals surface area contributed by atoms with E-state index in [0.717, 1.165) is 36.8 Å². The first kappa shape index (κ1) is 15.0. The van der Waals surface area contributed by atoms with E-state index in [4.69, 9.17) is 0 Å². The normalized spacial score (nSPS) is 19.4. The van der Waals surface area contributed by atoms with Gasteiger partial charge in [0.2, 0.25) is 0 Å². The molecule has 0 saturated heterocycles. The molecule has 20 heavy (non-hydrogen) atoms. The summed E-state index contributed by atoms with van der Waals surface area (Å²) < 4.78 is 13.9. The lowest BCUT2D eigenvalue weighted by atomic mass is 9.90. The lowest BCUT2D eigenvalue weighted by molar-refractivity contribution is 0.523. The van der Waals surface area contributed by atoms with Gasteiger partial charge in [-0.05, 0) is 68.6 Å². The SMILES string of the molecule is C=C(CC)C1CCC=C(Cc2ccc(C)cc2F)CC1. The molecule has 0 nitrogen and oxygen atoms in total. The molecule has 108 valence electrons. The van der Waals surface area contributed by atoms with Crippen molar-refractivity contribution < 1.29 is 4.39 Å². The van der Waals surface area contributed by atoms with Crippen LogP contribution in [-0.2, 0) is 6.42 Å². The molecule has 0 N–H and O–H groups in total. The van der Waals surface area contributed by atoms with E-state index in [0.29, 0.717) is 5.92 Å². The van der Waals surface area contributed by atoms with E-state index in [1.165, 1.54) is 24.0 Å². The fraction of sp³-hybridized carbons (Fsp3) is 0.474. The van der Waals surface area contributed by atoms with Crippen LogP contribution in [0.1, 0.15) is 50.2 Å². The van der Waals surface area contributed by atoms with Crippen molar-refractivity contribution in [3.05, 3.63) is 58.9 Å². The molecule has 1 aromatic carbocycles. The predicted molar refractivity (Wildman–Crippen MR) is 84.3 cm³/mol. The minimum absolute atomic E-state index is 0.0651. The highest BCUT2D eigenvalue weighted by molar-refractivity contribution is 5.28. The van der Waals surface area contributed by atoms with E-state index in [-0.39, 0.29) is 5.82 Å². The van der Waals surface area contributed by atoms with Crippen molar-refractivity contribution in [3.63, 3.8) is 0 Å². The van der Waals surface area contributed by atoms with Gasteiger partial charge in [0.05, 0.1) is 0 Å². The quantitative estimate of drug-likeness (QED) is 0.611. The molecular weight excluding hydrogens is 247 g/mol. The minimum atomic E-state index is -0.0651. The average Bonchev–Trinajstić information content (AvgIpc) is 2.67. The molecule has 1 aliphatic rings. The lowest BCUT2D eigenvalue weighted by Gasteiger charge is -2.16. The third-order valence-corrected chi connectivity index (χ3v) is 4.42. The Morgan fingerprint density at radius 3 is 2.85 bits per heavy atom. The van der Waals surface area contributed by atoms with Crippen LogP contribution in [0.3, 0.4) is 0 Å². The monoisotopic (exact) mass is 272 g/mol. The van der Waals surface area contributed by atoms with Crippen molar-refractivity contribution in [1.82, 2.24) is 0 Å². The third kappa shape index (κ3) is 3.82. The van der Waals surface area contributed by atoms with E-state index in [2.05, 4.69) is 19.6 Å². The van der Waals surface area contributed by atoms with Crippen LogP contribution in [0, 0.1) is 18.7 Å². The van der Waals surface area contributed by atoms with Crippen LogP contribution in [0.5, 0.6) is 0 Å². The van der Waals surface area contributed by atoms with E-state index in [9.17, 15) is 4.39 Å². The number of rotatable bonds is 4. The summed E-state index contributed by atoms with van der Waals surface area (Å²) in [6.07, 6.45) is 8.72. The van der Waals surface area contributed by atoms with E-state index < -0.39 is 0 Å². The summed E-state index contributed by atoms with van der Waals surface area (Å²) in [5.74, 6) is 0.585. The smallest absolute Gasteiger partial charge is 0.126 e. The Morgan fingerprint density at radius 2 is 2.15 bits per heavy atom. The topological polar surface area (TPSA) is 0 Å². The number of allylic oxidation sites excluding steroid dienone is 3. The standard InChI is InChI=1S/C19H25F/c1-4-15(3)17-7-5-6-16(9-11-17)13-18-10-8-14(2)12-19(18)20/h6,8,10,12,17H,3-5,7,9,11,13H2,1-2H3. The van der Waals surface area contributed by atoms with Gasteiger partial charge < -0.3 is 0 Å². The maximum Gasteiger partial charge on any atom is 0.126 e. The van der Waals surface area contributed by atoms with Gasteiger partial charge in [0.15, 0.2) is 0 Å². The highest BCUT2D eigenvalue weighted by atomic mass is 19.1. The Morgan fingerprint density at radius 1 is 1.35 bits per heavy atom. The zero-order chi connectivity index (χ0) is 14.5. The summed E-state index contributed by atoms with van der Waals surface area (Å²) in [6.45, 7) is 8.30. The van der Waals surface area contributed by atoms with Crippen molar-refractivity contribution >= 4 is 0 Å². The van der Waals surface area contributed by atoms with E-state index in [1.807, 2.05) is 19.1 Å². The maximum absolute atomic E-state index is 13.9. The summed E-state index contributed by atoms with van der Waals surface area (Å²) in [5, 5.41) is 0. The maximum atomic E-state index is 13.9. The van der Waals surface area contributed by atoms with Crippen LogP contribution in [0.4, 0.5) is 4.39 Å². The third-order valence-electron chi connectivity index (χ3n) is 4.42. The molecule has 1 atom stereocenters. The Balaban J connectivity index is 2.00. The van der Waals surface area contributed by atoms with Gasteiger partial charge in [-0.15, -0.1) is 0 Å². The van der Waals surface area contributed by atoms with Gasteiger partial charge in [-0.25, -0.2) is 4.39 Å². The first-order chi connectivity index (χ1) is 9.60. The summed E-state index contributed by atoms with van der Waals surface area (Å²) in [7, 11) is 0. The van der Waals surface area contributed by atoms with Crippen LogP contribution >= 0.6 is 0 Å². The zero-order valence-corrected chi connectivity index (χ0v) is 12.7. The first-order valence-corrected chi connectivity index (χ1v) is 7.70. The molecular formula is C19H25F. The highest BCUT2D eigenvalue weighted by Crippen LogP contribution is 2.30. The summed E-state index contributed by atoms with van der Waals surface area (Å²) in [5.41, 5.74) is 4.58. The molecule has 0 amide bonds. The van der Waals surface area contributed by atoms with Gasteiger partial charge >= 0.3 is 0 Å². The number of hydrogen-bond donors (Lipinski definition) is 0. The average molecular weight is 272 g/mol. The number of hydrogen-bond acceptors (Lipinski definition) is 0. The fourth-order valence-corrected chi connectivity index (χ4v) is 2.99. The van der Waals surface area contributed by atoms with Gasteiger partial charge in [-0.1, -0.05) is 42.9 Å². The van der Waals surface area contributed by atoms with Crippen molar-refractivity contribution in [2.45, 2.75) is 52.4 Å². The molecule has 1 unspecified atom stereocenters. The van der Waals surface area contributed by atoms with Crippen LogP contribution < -0.4 is 0 Å². The Bertz CT molecular complexity index is 510. The van der Waals surface area contributed by atoms with Gasteiger partial charge in [0.1, 0.15) is 5.82 Å². The molecule has 2 rings (SSSR count). The first-order valence-electron chi connectivity index (χ1n) is 7.70. The number of halogens is 1. The van der Waals surface area contributed by atoms with Crippen molar-refractivity contribution in [3.8, 4) is 0 Å². The van der Waals surface area contributed by atoms with E-state index >= 15 is 0 Å². The van der Waals surface area contributed by atoms with Gasteiger partial charge in [0.25, 0.3) is 0 Å². The molecule has 0 saturated carbocycles. The summed E-state index contributed by atoms with van der Waals surface area (Å²) in [4.78, 5) is 0. The van der Waals surface area contributed by atoms with Crippen LogP contribution in [0.25, 0.3) is 0 Å². The molecule has 1 heteroatoms. The van der Waals surface area contributed by atoms with Crippen molar-refractivity contribution in [2.24, 2.45) is 5.92 Å². The second kappa shape index (κ2) is 6.88. The molecule has 0 radical (unpaired) electrons. The molecule has 1 aromatic rings. The minimum Gasteiger partial charge on any atom is -0.207 e. The molecule has 1 aliphatic carbocycles. The predicted octanol–water partition coefficient (Wildman–Crippen LogP) is 5.76. The van der Waals surface area contributed by atoms with Gasteiger partial charge in [-0.2, -0.15) is 0 Å². The van der Waals surface area contributed by atoms with Gasteiger partial charge in [-0.3, -0.25) is 0 Å². The molecule has 0 aliphatic heterocycles.